The third-order valence-corrected chi connectivity index (χ3v) is 4.52. The molecule has 1 unspecified atom stereocenters. The molecule has 24 heavy (non-hydrogen) atoms. The lowest BCUT2D eigenvalue weighted by Gasteiger charge is -2.13. The Balaban J connectivity index is 1.75. The van der Waals surface area contributed by atoms with Crippen LogP contribution in [0.25, 0.3) is 27.7 Å². The van der Waals surface area contributed by atoms with E-state index in [1.807, 2.05) is 25.1 Å². The Kier molecular flexibility index (Phi) is 3.73. The highest BCUT2D eigenvalue weighted by molar-refractivity contribution is 5.92. The molecule has 0 saturated heterocycles. The SMILES string of the molecule is Cc1nc(-c2ccc(C3=CCC(C)C=C3)cc2)c2ccccc2n1. The molecule has 1 aliphatic rings. The number of hydrogen-bond donors (Lipinski definition) is 0. The highest BCUT2D eigenvalue weighted by Crippen LogP contribution is 2.29. The molecule has 118 valence electrons. The van der Waals surface area contributed by atoms with E-state index < -0.39 is 0 Å². The van der Waals surface area contributed by atoms with Crippen LogP contribution in [-0.4, -0.2) is 9.97 Å². The lowest BCUT2D eigenvalue weighted by Crippen LogP contribution is -1.95. The normalized spacial score (nSPS) is 17.1. The van der Waals surface area contributed by atoms with Crippen LogP contribution in [0.1, 0.15) is 24.7 Å². The summed E-state index contributed by atoms with van der Waals surface area (Å²) in [6.45, 7) is 4.19. The van der Waals surface area contributed by atoms with E-state index in [-0.39, 0.29) is 0 Å². The van der Waals surface area contributed by atoms with Crippen molar-refractivity contribution in [1.82, 2.24) is 9.97 Å². The quantitative estimate of drug-likeness (QED) is 0.617. The number of rotatable bonds is 2. The smallest absolute Gasteiger partial charge is 0.126 e. The van der Waals surface area contributed by atoms with Crippen molar-refractivity contribution in [2.24, 2.45) is 5.92 Å². The van der Waals surface area contributed by atoms with Crippen molar-refractivity contribution < 1.29 is 0 Å². The van der Waals surface area contributed by atoms with E-state index in [0.717, 1.165) is 34.4 Å². The number of aryl methyl sites for hydroxylation is 1. The van der Waals surface area contributed by atoms with Crippen molar-refractivity contribution in [2.75, 3.05) is 0 Å². The molecule has 4 rings (SSSR count). The van der Waals surface area contributed by atoms with Crippen LogP contribution in [0.5, 0.6) is 0 Å². The van der Waals surface area contributed by atoms with Gasteiger partial charge in [0.2, 0.25) is 0 Å². The van der Waals surface area contributed by atoms with Gasteiger partial charge in [-0.2, -0.15) is 0 Å². The average molecular weight is 312 g/mol. The maximum absolute atomic E-state index is 4.68. The lowest BCUT2D eigenvalue weighted by atomic mass is 9.93. The molecule has 0 fully saturated rings. The second kappa shape index (κ2) is 6.04. The van der Waals surface area contributed by atoms with Gasteiger partial charge in [-0.1, -0.05) is 67.6 Å². The monoisotopic (exact) mass is 312 g/mol. The van der Waals surface area contributed by atoms with E-state index in [2.05, 4.69) is 65.5 Å². The number of hydrogen-bond acceptors (Lipinski definition) is 2. The largest absolute Gasteiger partial charge is 0.233 e. The summed E-state index contributed by atoms with van der Waals surface area (Å²) in [7, 11) is 0. The molecule has 3 aromatic rings. The van der Waals surface area contributed by atoms with Crippen LogP contribution in [0, 0.1) is 12.8 Å². The molecule has 2 heteroatoms. The minimum atomic E-state index is 0.642. The summed E-state index contributed by atoms with van der Waals surface area (Å²) in [6, 6.07) is 16.9. The van der Waals surface area contributed by atoms with Gasteiger partial charge in [0.1, 0.15) is 5.82 Å². The zero-order valence-corrected chi connectivity index (χ0v) is 14.0. The van der Waals surface area contributed by atoms with Crippen molar-refractivity contribution >= 4 is 16.5 Å². The second-order valence-corrected chi connectivity index (χ2v) is 6.45. The summed E-state index contributed by atoms with van der Waals surface area (Å²) in [6.07, 6.45) is 7.95. The molecule has 0 spiro atoms. The number of benzene rings is 2. The first-order valence-electron chi connectivity index (χ1n) is 8.43. The number of allylic oxidation sites excluding steroid dienone is 4. The Hall–Kier alpha value is -2.74. The average Bonchev–Trinajstić information content (AvgIpc) is 2.62. The molecule has 2 nitrogen and oxygen atoms in total. The van der Waals surface area contributed by atoms with Crippen LogP contribution in [0.15, 0.2) is 66.8 Å². The van der Waals surface area contributed by atoms with Crippen LogP contribution >= 0.6 is 0 Å². The van der Waals surface area contributed by atoms with Crippen molar-refractivity contribution in [3.05, 3.63) is 78.1 Å². The van der Waals surface area contributed by atoms with Gasteiger partial charge < -0.3 is 0 Å². The highest BCUT2D eigenvalue weighted by atomic mass is 14.9. The summed E-state index contributed by atoms with van der Waals surface area (Å²) >= 11 is 0. The van der Waals surface area contributed by atoms with Crippen molar-refractivity contribution in [1.29, 1.82) is 0 Å². The Labute approximate surface area is 142 Å². The van der Waals surface area contributed by atoms with Gasteiger partial charge in [0.25, 0.3) is 0 Å². The van der Waals surface area contributed by atoms with Crippen LogP contribution in [0.4, 0.5) is 0 Å². The fourth-order valence-corrected chi connectivity index (χ4v) is 3.17. The molecule has 0 aliphatic heterocycles. The third kappa shape index (κ3) is 2.76. The standard InChI is InChI=1S/C22H20N2/c1-15-7-9-17(10-8-15)18-11-13-19(14-12-18)22-20-5-3-4-6-21(20)23-16(2)24-22/h3-7,9-15H,8H2,1-2H3. The Bertz CT molecular complexity index is 949. The van der Waals surface area contributed by atoms with Crippen LogP contribution in [0.2, 0.25) is 0 Å². The van der Waals surface area contributed by atoms with E-state index in [1.54, 1.807) is 0 Å². The fourth-order valence-electron chi connectivity index (χ4n) is 3.17. The molecule has 0 bridgehead atoms. The molecule has 1 heterocycles. The van der Waals surface area contributed by atoms with Gasteiger partial charge in [-0.25, -0.2) is 9.97 Å². The molecule has 0 saturated carbocycles. The molecule has 0 amide bonds. The first-order valence-corrected chi connectivity index (χ1v) is 8.43. The number of para-hydroxylation sites is 1. The van der Waals surface area contributed by atoms with Crippen molar-refractivity contribution in [2.45, 2.75) is 20.3 Å². The molecule has 0 N–H and O–H groups in total. The molecular weight excluding hydrogens is 292 g/mol. The van der Waals surface area contributed by atoms with Gasteiger partial charge in [0.15, 0.2) is 0 Å². The van der Waals surface area contributed by atoms with E-state index >= 15 is 0 Å². The van der Waals surface area contributed by atoms with E-state index in [0.29, 0.717) is 5.92 Å². The second-order valence-electron chi connectivity index (χ2n) is 6.45. The molecule has 1 aliphatic carbocycles. The molecule has 2 aromatic carbocycles. The van der Waals surface area contributed by atoms with E-state index in [1.165, 1.54) is 11.1 Å². The number of nitrogens with zero attached hydrogens (tertiary/aromatic N) is 2. The van der Waals surface area contributed by atoms with Gasteiger partial charge in [0.05, 0.1) is 11.2 Å². The first kappa shape index (κ1) is 14.8. The maximum atomic E-state index is 4.68. The van der Waals surface area contributed by atoms with Gasteiger partial charge in [-0.05, 0) is 36.5 Å². The Morgan fingerprint density at radius 2 is 1.67 bits per heavy atom. The lowest BCUT2D eigenvalue weighted by molar-refractivity contribution is 0.739. The maximum Gasteiger partial charge on any atom is 0.126 e. The van der Waals surface area contributed by atoms with E-state index in [9.17, 15) is 0 Å². The van der Waals surface area contributed by atoms with Crippen LogP contribution < -0.4 is 0 Å². The molecule has 1 aromatic heterocycles. The van der Waals surface area contributed by atoms with E-state index in [4.69, 9.17) is 0 Å². The van der Waals surface area contributed by atoms with Crippen molar-refractivity contribution in [3.63, 3.8) is 0 Å². The molecule has 1 atom stereocenters. The van der Waals surface area contributed by atoms with Gasteiger partial charge in [-0.15, -0.1) is 0 Å². The highest BCUT2D eigenvalue weighted by Gasteiger charge is 2.09. The minimum absolute atomic E-state index is 0.642. The van der Waals surface area contributed by atoms with Gasteiger partial charge >= 0.3 is 0 Å². The number of aromatic nitrogens is 2. The van der Waals surface area contributed by atoms with Gasteiger partial charge in [-0.3, -0.25) is 0 Å². The zero-order valence-electron chi connectivity index (χ0n) is 14.0. The Morgan fingerprint density at radius 1 is 0.917 bits per heavy atom. The topological polar surface area (TPSA) is 25.8 Å². The summed E-state index contributed by atoms with van der Waals surface area (Å²) < 4.78 is 0. The predicted molar refractivity (Wildman–Crippen MR) is 101 cm³/mol. The summed E-state index contributed by atoms with van der Waals surface area (Å²) in [4.78, 5) is 9.21. The summed E-state index contributed by atoms with van der Waals surface area (Å²) in [5.41, 5.74) is 5.71. The fraction of sp³-hybridized carbons (Fsp3) is 0.182. The minimum Gasteiger partial charge on any atom is -0.233 e. The third-order valence-electron chi connectivity index (χ3n) is 4.52. The summed E-state index contributed by atoms with van der Waals surface area (Å²) in [5, 5.41) is 1.10. The van der Waals surface area contributed by atoms with Gasteiger partial charge in [0, 0.05) is 10.9 Å². The predicted octanol–water partition coefficient (Wildman–Crippen LogP) is 5.58. The van der Waals surface area contributed by atoms with Crippen LogP contribution in [0.3, 0.4) is 0 Å². The van der Waals surface area contributed by atoms with Crippen LogP contribution in [-0.2, 0) is 0 Å². The van der Waals surface area contributed by atoms with Crippen molar-refractivity contribution in [3.8, 4) is 11.3 Å². The molecule has 0 radical (unpaired) electrons. The Morgan fingerprint density at radius 3 is 2.42 bits per heavy atom. The number of fused-ring (bicyclic) bond motifs is 1. The summed E-state index contributed by atoms with van der Waals surface area (Å²) in [5.74, 6) is 1.45. The molecular formula is C22H20N2. The first-order chi connectivity index (χ1) is 11.7. The zero-order chi connectivity index (χ0) is 16.5.